The molecule has 1 nitrogen and oxygen atoms in total. The predicted octanol–water partition coefficient (Wildman–Crippen LogP) is 2.86. The van der Waals surface area contributed by atoms with Crippen LogP contribution in [-0.2, 0) is 6.54 Å². The summed E-state index contributed by atoms with van der Waals surface area (Å²) < 4.78 is 0. The fourth-order valence-electron chi connectivity index (χ4n) is 1.62. The minimum Gasteiger partial charge on any atom is -0.326 e. The van der Waals surface area contributed by atoms with Crippen molar-refractivity contribution in [3.8, 4) is 0 Å². The van der Waals surface area contributed by atoms with Crippen LogP contribution in [0, 0.1) is 0 Å². The molecule has 0 aromatic heterocycles. The smallest absolute Gasteiger partial charge is 0.0268 e. The maximum Gasteiger partial charge on any atom is 0.0268 e. The summed E-state index contributed by atoms with van der Waals surface area (Å²) in [4.78, 5) is 1.01. The molecule has 0 saturated heterocycles. The molecule has 1 aliphatic rings. The van der Waals surface area contributed by atoms with Crippen molar-refractivity contribution in [3.63, 3.8) is 0 Å². The van der Waals surface area contributed by atoms with Gasteiger partial charge < -0.3 is 5.73 Å². The topological polar surface area (TPSA) is 26.0 Å². The van der Waals surface area contributed by atoms with Crippen LogP contribution in [0.1, 0.15) is 17.5 Å². The van der Waals surface area contributed by atoms with E-state index in [9.17, 15) is 0 Å². The summed E-state index contributed by atoms with van der Waals surface area (Å²) in [6.45, 7) is 0.587. The van der Waals surface area contributed by atoms with Crippen LogP contribution in [-0.4, -0.2) is 4.86 Å². The maximum atomic E-state index is 5.55. The Labute approximate surface area is 95.3 Å². The Bertz CT molecular complexity index is 426. The van der Waals surface area contributed by atoms with E-state index in [0.29, 0.717) is 6.54 Å². The number of hydrogen-bond acceptors (Lipinski definition) is 2. The van der Waals surface area contributed by atoms with Gasteiger partial charge >= 0.3 is 0 Å². The molecule has 0 aliphatic heterocycles. The molecule has 15 heavy (non-hydrogen) atoms. The zero-order valence-corrected chi connectivity index (χ0v) is 9.26. The van der Waals surface area contributed by atoms with Crippen LogP contribution in [0.3, 0.4) is 0 Å². The van der Waals surface area contributed by atoms with Crippen molar-refractivity contribution in [2.45, 2.75) is 13.0 Å². The van der Waals surface area contributed by atoms with Gasteiger partial charge in [0.1, 0.15) is 0 Å². The van der Waals surface area contributed by atoms with E-state index in [1.165, 1.54) is 5.56 Å². The van der Waals surface area contributed by atoms with Gasteiger partial charge in [0.15, 0.2) is 0 Å². The fraction of sp³-hybridized carbons (Fsp3) is 0.154. The Hall–Kier alpha value is -1.25. The fourth-order valence-corrected chi connectivity index (χ4v) is 1.90. The van der Waals surface area contributed by atoms with Gasteiger partial charge in [-0.05, 0) is 16.7 Å². The lowest BCUT2D eigenvalue weighted by Gasteiger charge is -2.11. The highest BCUT2D eigenvalue weighted by molar-refractivity contribution is 7.81. The summed E-state index contributed by atoms with van der Waals surface area (Å²) >= 11 is 5.33. The van der Waals surface area contributed by atoms with Crippen molar-refractivity contribution in [1.82, 2.24) is 0 Å². The second kappa shape index (κ2) is 4.51. The van der Waals surface area contributed by atoms with Crippen molar-refractivity contribution in [1.29, 1.82) is 0 Å². The summed E-state index contributed by atoms with van der Waals surface area (Å²) in [5.41, 5.74) is 9.05. The average molecular weight is 215 g/mol. The quantitative estimate of drug-likeness (QED) is 0.768. The van der Waals surface area contributed by atoms with E-state index in [1.807, 2.05) is 0 Å². The Kier molecular flexibility index (Phi) is 3.09. The zero-order chi connectivity index (χ0) is 10.7. The lowest BCUT2D eigenvalue weighted by atomic mass is 9.96. The zero-order valence-electron chi connectivity index (χ0n) is 8.44. The Morgan fingerprint density at radius 2 is 1.93 bits per heavy atom. The molecule has 0 atom stereocenters. The number of nitrogens with two attached hydrogens (primary N) is 1. The van der Waals surface area contributed by atoms with Gasteiger partial charge in [0, 0.05) is 17.8 Å². The Morgan fingerprint density at radius 3 is 2.53 bits per heavy atom. The first kappa shape index (κ1) is 10.3. The third kappa shape index (κ3) is 2.22. The lowest BCUT2D eigenvalue weighted by molar-refractivity contribution is 1.07. The van der Waals surface area contributed by atoms with Gasteiger partial charge in [0.2, 0.25) is 0 Å². The Morgan fingerprint density at radius 1 is 1.20 bits per heavy atom. The van der Waals surface area contributed by atoms with Crippen LogP contribution >= 0.6 is 12.2 Å². The third-order valence-electron chi connectivity index (χ3n) is 2.50. The predicted molar refractivity (Wildman–Crippen MR) is 68.7 cm³/mol. The van der Waals surface area contributed by atoms with Crippen LogP contribution < -0.4 is 5.73 Å². The molecule has 0 radical (unpaired) electrons. The largest absolute Gasteiger partial charge is 0.326 e. The third-order valence-corrected chi connectivity index (χ3v) is 2.89. The van der Waals surface area contributed by atoms with Crippen molar-refractivity contribution in [2.75, 3.05) is 0 Å². The highest BCUT2D eigenvalue weighted by atomic mass is 32.1. The number of rotatable bonds is 2. The number of allylic oxidation sites excluding steroid dienone is 4. The van der Waals surface area contributed by atoms with Crippen molar-refractivity contribution in [2.24, 2.45) is 5.73 Å². The molecule has 2 heteroatoms. The highest BCUT2D eigenvalue weighted by Crippen LogP contribution is 2.22. The minimum atomic E-state index is 0.587. The summed E-state index contributed by atoms with van der Waals surface area (Å²) in [6.07, 6.45) is 7.09. The second-order valence-corrected chi connectivity index (χ2v) is 4.03. The van der Waals surface area contributed by atoms with Crippen LogP contribution in [0.4, 0.5) is 0 Å². The molecular formula is C13H13NS. The first-order chi connectivity index (χ1) is 7.31. The van der Waals surface area contributed by atoms with Crippen molar-refractivity contribution in [3.05, 3.63) is 53.6 Å². The van der Waals surface area contributed by atoms with E-state index in [4.69, 9.17) is 18.0 Å². The van der Waals surface area contributed by atoms with E-state index in [0.717, 1.165) is 22.4 Å². The summed E-state index contributed by atoms with van der Waals surface area (Å²) in [7, 11) is 0. The van der Waals surface area contributed by atoms with Crippen LogP contribution in [0.15, 0.2) is 42.5 Å². The molecule has 0 heterocycles. The first-order valence-corrected chi connectivity index (χ1v) is 5.41. The summed E-state index contributed by atoms with van der Waals surface area (Å²) in [5.74, 6) is 0. The molecular weight excluding hydrogens is 202 g/mol. The molecule has 1 aromatic carbocycles. The molecule has 1 aliphatic carbocycles. The monoisotopic (exact) mass is 215 g/mol. The molecule has 0 bridgehead atoms. The maximum absolute atomic E-state index is 5.55. The molecule has 1 aromatic rings. The van der Waals surface area contributed by atoms with E-state index >= 15 is 0 Å². The molecule has 0 saturated carbocycles. The number of benzene rings is 1. The normalized spacial score (nSPS) is 15.3. The van der Waals surface area contributed by atoms with Crippen LogP contribution in [0.25, 0.3) is 5.57 Å². The molecule has 0 spiro atoms. The van der Waals surface area contributed by atoms with Crippen molar-refractivity contribution >= 4 is 22.7 Å². The summed E-state index contributed by atoms with van der Waals surface area (Å²) in [5, 5.41) is 0. The molecule has 76 valence electrons. The molecule has 2 N–H and O–H groups in total. The summed E-state index contributed by atoms with van der Waals surface area (Å²) in [6, 6.07) is 8.27. The van der Waals surface area contributed by atoms with Gasteiger partial charge in [-0.15, -0.1) is 0 Å². The SMILES string of the molecule is NCc1ccc(C2=CC=CCC2=S)cc1. The average Bonchev–Trinajstić information content (AvgIpc) is 2.30. The van der Waals surface area contributed by atoms with Gasteiger partial charge in [-0.1, -0.05) is 54.7 Å². The molecule has 0 amide bonds. The van der Waals surface area contributed by atoms with Crippen LogP contribution in [0.2, 0.25) is 0 Å². The van der Waals surface area contributed by atoms with Gasteiger partial charge in [-0.2, -0.15) is 0 Å². The van der Waals surface area contributed by atoms with Gasteiger partial charge in [0.05, 0.1) is 0 Å². The number of hydrogen-bond donors (Lipinski definition) is 1. The van der Waals surface area contributed by atoms with E-state index in [2.05, 4.69) is 42.5 Å². The van der Waals surface area contributed by atoms with Gasteiger partial charge in [-0.25, -0.2) is 0 Å². The van der Waals surface area contributed by atoms with Crippen molar-refractivity contribution < 1.29 is 0 Å². The lowest BCUT2D eigenvalue weighted by Crippen LogP contribution is -2.01. The van der Waals surface area contributed by atoms with Crippen LogP contribution in [0.5, 0.6) is 0 Å². The Balaban J connectivity index is 2.33. The standard InChI is InChI=1S/C13H13NS/c14-9-10-5-7-11(8-6-10)12-3-1-2-4-13(12)15/h1-3,5-8H,4,9,14H2. The van der Waals surface area contributed by atoms with E-state index in [1.54, 1.807) is 0 Å². The number of thiocarbonyl (C=S) groups is 1. The molecule has 0 fully saturated rings. The van der Waals surface area contributed by atoms with Gasteiger partial charge in [0.25, 0.3) is 0 Å². The molecule has 2 rings (SSSR count). The second-order valence-electron chi connectivity index (χ2n) is 3.54. The van der Waals surface area contributed by atoms with Gasteiger partial charge in [-0.3, -0.25) is 0 Å². The first-order valence-electron chi connectivity index (χ1n) is 5.00. The van der Waals surface area contributed by atoms with E-state index in [-0.39, 0.29) is 0 Å². The highest BCUT2D eigenvalue weighted by Gasteiger charge is 2.08. The molecule has 0 unspecified atom stereocenters. The minimum absolute atomic E-state index is 0.587. The van der Waals surface area contributed by atoms with E-state index < -0.39 is 0 Å².